The van der Waals surface area contributed by atoms with Crippen molar-refractivity contribution in [1.29, 1.82) is 0 Å². The van der Waals surface area contributed by atoms with Gasteiger partial charge >= 0.3 is 0 Å². The van der Waals surface area contributed by atoms with Crippen LogP contribution in [0.1, 0.15) is 17.3 Å². The van der Waals surface area contributed by atoms with E-state index in [1.54, 1.807) is 48.5 Å². The maximum atomic E-state index is 12.2. The maximum Gasteiger partial charge on any atom is 0.175 e. The Balaban J connectivity index is 2.05. The number of carbonyl (C=O) groups excluding carboxylic acids is 1. The van der Waals surface area contributed by atoms with Crippen molar-refractivity contribution in [2.75, 3.05) is 12.4 Å². The fourth-order valence-electron chi connectivity index (χ4n) is 1.80. The quantitative estimate of drug-likeness (QED) is 0.761. The molecule has 0 amide bonds. The second-order valence-electron chi connectivity index (χ2n) is 4.33. The van der Waals surface area contributed by atoms with E-state index in [-0.39, 0.29) is 11.5 Å². The van der Waals surface area contributed by atoms with Crippen LogP contribution in [0.2, 0.25) is 5.02 Å². The number of ether oxygens (including phenoxy) is 1. The first-order valence-corrected chi connectivity index (χ1v) is 8.20. The lowest BCUT2D eigenvalue weighted by Crippen LogP contribution is -2.11. The number of halogens is 1. The molecule has 0 aliphatic heterocycles. The molecule has 0 fully saturated rings. The van der Waals surface area contributed by atoms with Gasteiger partial charge in [0, 0.05) is 15.5 Å². The molecule has 0 saturated carbocycles. The first-order valence-electron chi connectivity index (χ1n) is 6.50. The van der Waals surface area contributed by atoms with Gasteiger partial charge in [-0.3, -0.25) is 9.00 Å². The summed E-state index contributed by atoms with van der Waals surface area (Å²) in [4.78, 5) is 12.7. The third-order valence-corrected chi connectivity index (χ3v) is 4.35. The van der Waals surface area contributed by atoms with E-state index in [0.29, 0.717) is 27.8 Å². The molecule has 0 bridgehead atoms. The lowest BCUT2D eigenvalue weighted by molar-refractivity contribution is 0.102. The monoisotopic (exact) mass is 322 g/mol. The molecule has 2 aromatic rings. The highest BCUT2D eigenvalue weighted by molar-refractivity contribution is 7.85. The molecule has 5 heteroatoms. The van der Waals surface area contributed by atoms with Crippen molar-refractivity contribution in [3.8, 4) is 5.75 Å². The highest BCUT2D eigenvalue weighted by atomic mass is 35.5. The highest BCUT2D eigenvalue weighted by Gasteiger charge is 2.12. The highest BCUT2D eigenvalue weighted by Crippen LogP contribution is 2.16. The average Bonchev–Trinajstić information content (AvgIpc) is 2.48. The van der Waals surface area contributed by atoms with E-state index in [9.17, 15) is 9.00 Å². The molecule has 1 atom stereocenters. The standard InChI is InChI=1S/C16H15ClO3S/c1-2-20-14-8-6-12(7-9-14)16(18)11-21(19)15-5-3-4-13(17)10-15/h3-10H,2,11H2,1H3. The molecule has 21 heavy (non-hydrogen) atoms. The normalized spacial score (nSPS) is 11.9. The summed E-state index contributed by atoms with van der Waals surface area (Å²) in [5.74, 6) is 0.482. The SMILES string of the molecule is CCOc1ccc(C(=O)CS(=O)c2cccc(Cl)c2)cc1. The van der Waals surface area contributed by atoms with Crippen LogP contribution < -0.4 is 4.74 Å². The Labute approximate surface area is 131 Å². The zero-order valence-corrected chi connectivity index (χ0v) is 13.1. The number of rotatable bonds is 6. The number of carbonyl (C=O) groups is 1. The van der Waals surface area contributed by atoms with Gasteiger partial charge < -0.3 is 4.74 Å². The summed E-state index contributed by atoms with van der Waals surface area (Å²) in [5.41, 5.74) is 0.522. The summed E-state index contributed by atoms with van der Waals surface area (Å²) < 4.78 is 17.5. The van der Waals surface area contributed by atoms with Crippen LogP contribution in [0.4, 0.5) is 0 Å². The molecule has 0 N–H and O–H groups in total. The van der Waals surface area contributed by atoms with Crippen molar-refractivity contribution in [3.63, 3.8) is 0 Å². The van der Waals surface area contributed by atoms with Gasteiger partial charge in [0.2, 0.25) is 0 Å². The number of hydrogen-bond donors (Lipinski definition) is 0. The van der Waals surface area contributed by atoms with Crippen molar-refractivity contribution in [2.24, 2.45) is 0 Å². The van der Waals surface area contributed by atoms with Gasteiger partial charge in [0.15, 0.2) is 5.78 Å². The second-order valence-corrected chi connectivity index (χ2v) is 6.22. The Morgan fingerprint density at radius 3 is 2.52 bits per heavy atom. The predicted molar refractivity (Wildman–Crippen MR) is 84.7 cm³/mol. The Morgan fingerprint density at radius 1 is 1.19 bits per heavy atom. The minimum Gasteiger partial charge on any atom is -0.494 e. The van der Waals surface area contributed by atoms with E-state index in [4.69, 9.17) is 16.3 Å². The smallest absolute Gasteiger partial charge is 0.175 e. The number of ketones is 1. The Morgan fingerprint density at radius 2 is 1.90 bits per heavy atom. The van der Waals surface area contributed by atoms with Crippen molar-refractivity contribution in [2.45, 2.75) is 11.8 Å². The predicted octanol–water partition coefficient (Wildman–Crippen LogP) is 3.73. The van der Waals surface area contributed by atoms with E-state index in [1.807, 2.05) is 6.92 Å². The molecule has 0 aromatic heterocycles. The van der Waals surface area contributed by atoms with Crippen LogP contribution in [0.5, 0.6) is 5.75 Å². The van der Waals surface area contributed by atoms with Crippen LogP contribution in [0.25, 0.3) is 0 Å². The van der Waals surface area contributed by atoms with E-state index in [0.717, 1.165) is 0 Å². The van der Waals surface area contributed by atoms with Gasteiger partial charge in [0.1, 0.15) is 5.75 Å². The molecular weight excluding hydrogens is 308 g/mol. The summed E-state index contributed by atoms with van der Waals surface area (Å²) in [6.07, 6.45) is 0. The molecule has 0 saturated heterocycles. The number of Topliss-reactive ketones (excluding diaryl/α,β-unsaturated/α-hetero) is 1. The number of hydrogen-bond acceptors (Lipinski definition) is 3. The molecule has 2 aromatic carbocycles. The maximum absolute atomic E-state index is 12.2. The summed E-state index contributed by atoms with van der Waals surface area (Å²) in [7, 11) is -1.40. The van der Waals surface area contributed by atoms with Crippen LogP contribution >= 0.6 is 11.6 Å². The van der Waals surface area contributed by atoms with Crippen molar-refractivity contribution in [1.82, 2.24) is 0 Å². The molecule has 0 aliphatic rings. The molecule has 110 valence electrons. The van der Waals surface area contributed by atoms with E-state index in [1.165, 1.54) is 0 Å². The van der Waals surface area contributed by atoms with Crippen molar-refractivity contribution in [3.05, 3.63) is 59.1 Å². The van der Waals surface area contributed by atoms with Crippen molar-refractivity contribution < 1.29 is 13.7 Å². The van der Waals surface area contributed by atoms with Crippen LogP contribution in [-0.4, -0.2) is 22.4 Å². The van der Waals surface area contributed by atoms with Gasteiger partial charge in [-0.15, -0.1) is 0 Å². The lowest BCUT2D eigenvalue weighted by atomic mass is 10.1. The van der Waals surface area contributed by atoms with E-state index in [2.05, 4.69) is 0 Å². The fourth-order valence-corrected chi connectivity index (χ4v) is 3.11. The second kappa shape index (κ2) is 7.38. The molecule has 0 spiro atoms. The summed E-state index contributed by atoms with van der Waals surface area (Å²) in [6.45, 7) is 2.47. The Hall–Kier alpha value is -1.65. The minimum absolute atomic E-state index is 0.0612. The topological polar surface area (TPSA) is 43.4 Å². The average molecular weight is 323 g/mol. The molecular formula is C16H15ClO3S. The minimum atomic E-state index is -1.40. The molecule has 2 rings (SSSR count). The van der Waals surface area contributed by atoms with E-state index >= 15 is 0 Å². The third kappa shape index (κ3) is 4.41. The number of benzene rings is 2. The Kier molecular flexibility index (Phi) is 5.53. The van der Waals surface area contributed by atoms with Gasteiger partial charge in [0.05, 0.1) is 23.2 Å². The van der Waals surface area contributed by atoms with Gasteiger partial charge in [-0.25, -0.2) is 0 Å². The van der Waals surface area contributed by atoms with Gasteiger partial charge in [-0.2, -0.15) is 0 Å². The molecule has 0 radical (unpaired) electrons. The third-order valence-electron chi connectivity index (χ3n) is 2.81. The molecule has 1 unspecified atom stereocenters. The zero-order valence-electron chi connectivity index (χ0n) is 11.5. The first kappa shape index (κ1) is 15.7. The summed E-state index contributed by atoms with van der Waals surface area (Å²) in [5, 5.41) is 0.509. The summed E-state index contributed by atoms with van der Waals surface area (Å²) >= 11 is 5.86. The zero-order chi connectivity index (χ0) is 15.2. The van der Waals surface area contributed by atoms with E-state index < -0.39 is 10.8 Å². The van der Waals surface area contributed by atoms with Crippen LogP contribution in [0.3, 0.4) is 0 Å². The molecule has 0 heterocycles. The largest absolute Gasteiger partial charge is 0.494 e. The summed E-state index contributed by atoms with van der Waals surface area (Å²) in [6, 6.07) is 13.6. The molecule has 3 nitrogen and oxygen atoms in total. The van der Waals surface area contributed by atoms with Crippen molar-refractivity contribution >= 4 is 28.2 Å². The Bertz CT molecular complexity index is 653. The van der Waals surface area contributed by atoms with Crippen LogP contribution in [-0.2, 0) is 10.8 Å². The molecule has 0 aliphatic carbocycles. The van der Waals surface area contributed by atoms with Gasteiger partial charge in [0.25, 0.3) is 0 Å². The van der Waals surface area contributed by atoms with Crippen LogP contribution in [0.15, 0.2) is 53.4 Å². The van der Waals surface area contributed by atoms with Gasteiger partial charge in [-0.05, 0) is 49.4 Å². The van der Waals surface area contributed by atoms with Gasteiger partial charge in [-0.1, -0.05) is 17.7 Å². The fraction of sp³-hybridized carbons (Fsp3) is 0.188. The lowest BCUT2D eigenvalue weighted by Gasteiger charge is -2.05. The van der Waals surface area contributed by atoms with Crippen LogP contribution in [0, 0.1) is 0 Å². The first-order chi connectivity index (χ1) is 10.1.